The summed E-state index contributed by atoms with van der Waals surface area (Å²) in [5, 5.41) is 5.45. The van der Waals surface area contributed by atoms with Crippen molar-refractivity contribution < 1.29 is 18.7 Å². The number of nitrogens with one attached hydrogen (secondary N) is 2. The second kappa shape index (κ2) is 10.1. The molecule has 1 heterocycles. The summed E-state index contributed by atoms with van der Waals surface area (Å²) in [6, 6.07) is 18.3. The Morgan fingerprint density at radius 2 is 1.77 bits per heavy atom. The van der Waals surface area contributed by atoms with Crippen molar-refractivity contribution in [1.82, 2.24) is 10.6 Å². The fourth-order valence-electron chi connectivity index (χ4n) is 2.75. The summed E-state index contributed by atoms with van der Waals surface area (Å²) in [6.45, 7) is 4.42. The van der Waals surface area contributed by atoms with Crippen LogP contribution in [-0.4, -0.2) is 25.0 Å². The fourth-order valence-corrected chi connectivity index (χ4v) is 2.75. The molecule has 1 aromatic heterocycles. The van der Waals surface area contributed by atoms with E-state index in [2.05, 4.69) is 10.6 Å². The highest BCUT2D eigenvalue weighted by Crippen LogP contribution is 2.12. The molecule has 0 saturated carbocycles. The first-order valence-electron chi connectivity index (χ1n) is 9.63. The maximum absolute atomic E-state index is 12.7. The van der Waals surface area contributed by atoms with Crippen LogP contribution in [0, 0.1) is 13.8 Å². The Morgan fingerprint density at radius 1 is 1.00 bits per heavy atom. The van der Waals surface area contributed by atoms with Crippen molar-refractivity contribution in [2.24, 2.45) is 0 Å². The van der Waals surface area contributed by atoms with E-state index in [4.69, 9.17) is 9.15 Å². The van der Waals surface area contributed by atoms with E-state index in [1.54, 1.807) is 24.3 Å². The SMILES string of the molecule is Cc1ccc(OCCNC(=O)/C(=C/c2ccco2)NC(=O)c2ccccc2C)cc1. The van der Waals surface area contributed by atoms with Crippen LogP contribution in [0.2, 0.25) is 0 Å². The van der Waals surface area contributed by atoms with E-state index >= 15 is 0 Å². The quantitative estimate of drug-likeness (QED) is 0.441. The van der Waals surface area contributed by atoms with Crippen LogP contribution in [0.4, 0.5) is 0 Å². The Kier molecular flexibility index (Phi) is 7.05. The van der Waals surface area contributed by atoms with Crippen molar-refractivity contribution in [3.63, 3.8) is 0 Å². The van der Waals surface area contributed by atoms with Gasteiger partial charge in [0.25, 0.3) is 11.8 Å². The predicted molar refractivity (Wildman–Crippen MR) is 115 cm³/mol. The molecule has 0 aliphatic carbocycles. The van der Waals surface area contributed by atoms with Crippen molar-refractivity contribution >= 4 is 17.9 Å². The second-order valence-electron chi connectivity index (χ2n) is 6.76. The van der Waals surface area contributed by atoms with Crippen LogP contribution in [0.3, 0.4) is 0 Å². The summed E-state index contributed by atoms with van der Waals surface area (Å²) >= 11 is 0. The lowest BCUT2D eigenvalue weighted by atomic mass is 10.1. The molecule has 30 heavy (non-hydrogen) atoms. The molecule has 2 aromatic carbocycles. The van der Waals surface area contributed by atoms with Gasteiger partial charge in [0.1, 0.15) is 23.8 Å². The first-order chi connectivity index (χ1) is 14.5. The predicted octanol–water partition coefficient (Wildman–Crippen LogP) is 3.86. The summed E-state index contributed by atoms with van der Waals surface area (Å²) in [6.07, 6.45) is 2.99. The molecular weight excluding hydrogens is 380 g/mol. The highest BCUT2D eigenvalue weighted by atomic mass is 16.5. The van der Waals surface area contributed by atoms with Gasteiger partial charge in [-0.25, -0.2) is 0 Å². The van der Waals surface area contributed by atoms with E-state index in [0.717, 1.165) is 16.9 Å². The van der Waals surface area contributed by atoms with Crippen LogP contribution in [0.5, 0.6) is 5.75 Å². The molecule has 0 aliphatic heterocycles. The minimum absolute atomic E-state index is 0.0912. The minimum Gasteiger partial charge on any atom is -0.492 e. The molecule has 0 saturated heterocycles. The summed E-state index contributed by atoms with van der Waals surface area (Å²) in [5.41, 5.74) is 2.55. The normalized spacial score (nSPS) is 11.1. The van der Waals surface area contributed by atoms with Crippen LogP contribution in [0.25, 0.3) is 6.08 Å². The minimum atomic E-state index is -0.430. The van der Waals surface area contributed by atoms with Crippen molar-refractivity contribution in [2.45, 2.75) is 13.8 Å². The van der Waals surface area contributed by atoms with E-state index in [0.29, 0.717) is 17.9 Å². The molecule has 3 aromatic rings. The molecule has 0 radical (unpaired) electrons. The number of hydrogen-bond donors (Lipinski definition) is 2. The van der Waals surface area contributed by atoms with Gasteiger partial charge in [0.2, 0.25) is 0 Å². The molecule has 154 valence electrons. The van der Waals surface area contributed by atoms with Gasteiger partial charge in [-0.05, 0) is 49.7 Å². The summed E-state index contributed by atoms with van der Waals surface area (Å²) in [5.74, 6) is 0.396. The molecule has 3 rings (SSSR count). The molecule has 0 unspecified atom stereocenters. The Bertz CT molecular complexity index is 1020. The van der Waals surface area contributed by atoms with Crippen LogP contribution < -0.4 is 15.4 Å². The van der Waals surface area contributed by atoms with Crippen LogP contribution in [-0.2, 0) is 4.79 Å². The van der Waals surface area contributed by atoms with Gasteiger partial charge in [0.15, 0.2) is 0 Å². The molecule has 2 amide bonds. The van der Waals surface area contributed by atoms with Crippen molar-refractivity contribution in [3.8, 4) is 5.75 Å². The lowest BCUT2D eigenvalue weighted by Crippen LogP contribution is -2.36. The standard InChI is InChI=1S/C24H24N2O4/c1-17-9-11-19(12-10-17)30-15-13-25-24(28)22(16-20-7-5-14-29-20)26-23(27)21-8-4-3-6-18(21)2/h3-12,14,16H,13,15H2,1-2H3,(H,25,28)(H,26,27)/b22-16-. The molecule has 0 aliphatic rings. The number of furan rings is 1. The van der Waals surface area contributed by atoms with Crippen LogP contribution >= 0.6 is 0 Å². The number of aryl methyl sites for hydroxylation is 2. The zero-order chi connectivity index (χ0) is 21.3. The molecule has 0 fully saturated rings. The number of ether oxygens (including phenoxy) is 1. The van der Waals surface area contributed by atoms with E-state index in [9.17, 15) is 9.59 Å². The Morgan fingerprint density at radius 3 is 2.47 bits per heavy atom. The Hall–Kier alpha value is -3.80. The molecule has 2 N–H and O–H groups in total. The van der Waals surface area contributed by atoms with Crippen LogP contribution in [0.1, 0.15) is 27.2 Å². The molecule has 0 bridgehead atoms. The third-order valence-corrected chi connectivity index (χ3v) is 4.39. The molecule has 6 heteroatoms. The van der Waals surface area contributed by atoms with E-state index in [1.807, 2.05) is 50.2 Å². The summed E-state index contributed by atoms with van der Waals surface area (Å²) < 4.78 is 10.9. The maximum atomic E-state index is 12.7. The van der Waals surface area contributed by atoms with Gasteiger partial charge in [-0.2, -0.15) is 0 Å². The largest absolute Gasteiger partial charge is 0.492 e. The lowest BCUT2D eigenvalue weighted by Gasteiger charge is -2.12. The first kappa shape index (κ1) is 20.9. The van der Waals surface area contributed by atoms with Crippen LogP contribution in [0.15, 0.2) is 77.0 Å². The molecule has 0 atom stereocenters. The number of rotatable bonds is 8. The number of amides is 2. The number of carbonyl (C=O) groups is 2. The summed E-state index contributed by atoms with van der Waals surface area (Å²) in [4.78, 5) is 25.3. The van der Waals surface area contributed by atoms with Gasteiger partial charge in [0, 0.05) is 11.6 Å². The topological polar surface area (TPSA) is 80.6 Å². The third kappa shape index (κ3) is 5.85. The van der Waals surface area contributed by atoms with Gasteiger partial charge in [-0.15, -0.1) is 0 Å². The van der Waals surface area contributed by atoms with Crippen molar-refractivity contribution in [3.05, 3.63) is 95.1 Å². The van der Waals surface area contributed by atoms with Gasteiger partial charge in [-0.3, -0.25) is 9.59 Å². The van der Waals surface area contributed by atoms with Crippen molar-refractivity contribution in [2.75, 3.05) is 13.2 Å². The van der Waals surface area contributed by atoms with E-state index in [-0.39, 0.29) is 18.1 Å². The Balaban J connectivity index is 1.63. The van der Waals surface area contributed by atoms with Gasteiger partial charge >= 0.3 is 0 Å². The maximum Gasteiger partial charge on any atom is 0.268 e. The number of benzene rings is 2. The zero-order valence-electron chi connectivity index (χ0n) is 17.0. The average molecular weight is 404 g/mol. The second-order valence-corrected chi connectivity index (χ2v) is 6.76. The molecular formula is C24H24N2O4. The lowest BCUT2D eigenvalue weighted by molar-refractivity contribution is -0.117. The van der Waals surface area contributed by atoms with Crippen molar-refractivity contribution in [1.29, 1.82) is 0 Å². The van der Waals surface area contributed by atoms with Gasteiger partial charge in [-0.1, -0.05) is 35.9 Å². The molecule has 6 nitrogen and oxygen atoms in total. The van der Waals surface area contributed by atoms with Gasteiger partial charge < -0.3 is 19.8 Å². The zero-order valence-corrected chi connectivity index (χ0v) is 17.0. The summed E-state index contributed by atoms with van der Waals surface area (Å²) in [7, 11) is 0. The van der Waals surface area contributed by atoms with E-state index < -0.39 is 5.91 Å². The monoisotopic (exact) mass is 404 g/mol. The highest BCUT2D eigenvalue weighted by molar-refractivity contribution is 6.05. The fraction of sp³-hybridized carbons (Fsp3) is 0.167. The van der Waals surface area contributed by atoms with E-state index in [1.165, 1.54) is 12.3 Å². The molecule has 0 spiro atoms. The smallest absolute Gasteiger partial charge is 0.268 e. The van der Waals surface area contributed by atoms with Gasteiger partial charge in [0.05, 0.1) is 12.8 Å². The third-order valence-electron chi connectivity index (χ3n) is 4.39. The highest BCUT2D eigenvalue weighted by Gasteiger charge is 2.16. The Labute approximate surface area is 175 Å². The number of carbonyl (C=O) groups excluding carboxylic acids is 2. The number of hydrogen-bond acceptors (Lipinski definition) is 4. The average Bonchev–Trinajstić information content (AvgIpc) is 3.25. The first-order valence-corrected chi connectivity index (χ1v) is 9.63.